The normalized spacial score (nSPS) is 15.4. The maximum atomic E-state index is 10.2. The van der Waals surface area contributed by atoms with Crippen molar-refractivity contribution in [2.75, 3.05) is 13.2 Å². The zero-order valence-corrected chi connectivity index (χ0v) is 10.2. The number of furan rings is 1. The topological polar surface area (TPSA) is 51.8 Å². The third kappa shape index (κ3) is 1.94. The van der Waals surface area contributed by atoms with Crippen molar-refractivity contribution in [3.05, 3.63) is 46.9 Å². The molecule has 0 amide bonds. The summed E-state index contributed by atoms with van der Waals surface area (Å²) in [6, 6.07) is 6.95. The van der Waals surface area contributed by atoms with Gasteiger partial charge in [0.15, 0.2) is 16.7 Å². The molecule has 4 nitrogen and oxygen atoms in total. The first kappa shape index (κ1) is 11.4. The van der Waals surface area contributed by atoms with E-state index in [0.29, 0.717) is 35.8 Å². The monoisotopic (exact) mass is 266 g/mol. The number of halogens is 1. The predicted octanol–water partition coefficient (Wildman–Crippen LogP) is 2.79. The van der Waals surface area contributed by atoms with Crippen molar-refractivity contribution >= 4 is 11.6 Å². The highest BCUT2D eigenvalue weighted by molar-refractivity contribution is 6.29. The van der Waals surface area contributed by atoms with Gasteiger partial charge in [0.05, 0.1) is 6.26 Å². The molecule has 1 aliphatic heterocycles. The second kappa shape index (κ2) is 4.55. The van der Waals surface area contributed by atoms with Crippen LogP contribution in [0.4, 0.5) is 0 Å². The first-order chi connectivity index (χ1) is 8.75. The van der Waals surface area contributed by atoms with E-state index < -0.39 is 6.10 Å². The molecule has 1 aliphatic rings. The summed E-state index contributed by atoms with van der Waals surface area (Å²) >= 11 is 5.85. The molecular weight excluding hydrogens is 256 g/mol. The van der Waals surface area contributed by atoms with Gasteiger partial charge >= 0.3 is 0 Å². The molecular formula is C13H11ClO4. The third-order valence-corrected chi connectivity index (χ3v) is 3.13. The molecule has 2 aromatic rings. The first-order valence-electron chi connectivity index (χ1n) is 5.56. The lowest BCUT2D eigenvalue weighted by molar-refractivity contribution is 0.169. The van der Waals surface area contributed by atoms with Crippen LogP contribution in [0.5, 0.6) is 11.5 Å². The highest BCUT2D eigenvalue weighted by Gasteiger charge is 2.19. The van der Waals surface area contributed by atoms with Gasteiger partial charge in [0.1, 0.15) is 19.3 Å². The summed E-state index contributed by atoms with van der Waals surface area (Å²) in [6.07, 6.45) is 0.603. The van der Waals surface area contributed by atoms with E-state index in [9.17, 15) is 5.11 Å². The van der Waals surface area contributed by atoms with E-state index in [4.69, 9.17) is 25.5 Å². The Morgan fingerprint density at radius 3 is 2.61 bits per heavy atom. The summed E-state index contributed by atoms with van der Waals surface area (Å²) in [5.41, 5.74) is 1.22. The molecule has 0 aliphatic carbocycles. The van der Waals surface area contributed by atoms with Crippen LogP contribution >= 0.6 is 11.6 Å². The van der Waals surface area contributed by atoms with Crippen molar-refractivity contribution in [1.82, 2.24) is 0 Å². The zero-order chi connectivity index (χ0) is 12.5. The molecule has 1 unspecified atom stereocenters. The average molecular weight is 267 g/mol. The Labute approximate surface area is 109 Å². The molecule has 0 saturated heterocycles. The second-order valence-corrected chi connectivity index (χ2v) is 4.30. The Hall–Kier alpha value is -1.65. The van der Waals surface area contributed by atoms with Crippen LogP contribution in [0.3, 0.4) is 0 Å². The molecule has 94 valence electrons. The maximum absolute atomic E-state index is 10.2. The minimum Gasteiger partial charge on any atom is -0.486 e. The minimum absolute atomic E-state index is 0.192. The molecule has 1 atom stereocenters. The molecule has 0 saturated carbocycles. The van der Waals surface area contributed by atoms with E-state index in [1.807, 2.05) is 0 Å². The van der Waals surface area contributed by atoms with Crippen LogP contribution in [-0.4, -0.2) is 18.3 Å². The lowest BCUT2D eigenvalue weighted by Gasteiger charge is -2.20. The van der Waals surface area contributed by atoms with Gasteiger partial charge in [-0.05, 0) is 35.4 Å². The standard InChI is InChI=1S/C13H11ClO4/c14-13-9(3-4-18-13)12(15)8-1-2-10-11(7-8)17-6-5-16-10/h1-4,7,12,15H,5-6H2. The van der Waals surface area contributed by atoms with Crippen LogP contribution in [0.15, 0.2) is 34.9 Å². The molecule has 1 aromatic carbocycles. The van der Waals surface area contributed by atoms with E-state index in [0.717, 1.165) is 0 Å². The molecule has 1 aromatic heterocycles. The van der Waals surface area contributed by atoms with Gasteiger partial charge < -0.3 is 19.0 Å². The molecule has 3 rings (SSSR count). The second-order valence-electron chi connectivity index (χ2n) is 3.96. The van der Waals surface area contributed by atoms with Crippen molar-refractivity contribution in [3.8, 4) is 11.5 Å². The predicted molar refractivity (Wildman–Crippen MR) is 65.2 cm³/mol. The number of hydrogen-bond donors (Lipinski definition) is 1. The lowest BCUT2D eigenvalue weighted by atomic mass is 10.0. The van der Waals surface area contributed by atoms with Gasteiger partial charge in [-0.25, -0.2) is 0 Å². The largest absolute Gasteiger partial charge is 0.486 e. The molecule has 0 bridgehead atoms. The van der Waals surface area contributed by atoms with Gasteiger partial charge in [0.2, 0.25) is 0 Å². The lowest BCUT2D eigenvalue weighted by Crippen LogP contribution is -2.15. The van der Waals surface area contributed by atoms with Crippen molar-refractivity contribution in [2.45, 2.75) is 6.10 Å². The Bertz CT molecular complexity index is 564. The summed E-state index contributed by atoms with van der Waals surface area (Å²) in [5.74, 6) is 1.33. The van der Waals surface area contributed by atoms with Gasteiger partial charge in [-0.1, -0.05) is 6.07 Å². The molecule has 2 heterocycles. The molecule has 0 spiro atoms. The highest BCUT2D eigenvalue weighted by atomic mass is 35.5. The van der Waals surface area contributed by atoms with Gasteiger partial charge in [-0.15, -0.1) is 0 Å². The van der Waals surface area contributed by atoms with Crippen LogP contribution in [-0.2, 0) is 0 Å². The first-order valence-corrected chi connectivity index (χ1v) is 5.94. The van der Waals surface area contributed by atoms with Crippen LogP contribution in [0.1, 0.15) is 17.2 Å². The van der Waals surface area contributed by atoms with Crippen molar-refractivity contribution < 1.29 is 19.0 Å². The van der Waals surface area contributed by atoms with E-state index in [1.165, 1.54) is 6.26 Å². The molecule has 0 radical (unpaired) electrons. The number of ether oxygens (including phenoxy) is 2. The number of fused-ring (bicyclic) bond motifs is 1. The van der Waals surface area contributed by atoms with E-state index in [-0.39, 0.29) is 5.22 Å². The summed E-state index contributed by atoms with van der Waals surface area (Å²) in [7, 11) is 0. The number of rotatable bonds is 2. The van der Waals surface area contributed by atoms with Gasteiger partial charge in [-0.2, -0.15) is 0 Å². The smallest absolute Gasteiger partial charge is 0.199 e. The van der Waals surface area contributed by atoms with Crippen molar-refractivity contribution in [3.63, 3.8) is 0 Å². The molecule has 18 heavy (non-hydrogen) atoms. The third-order valence-electron chi connectivity index (χ3n) is 2.82. The van der Waals surface area contributed by atoms with Crippen LogP contribution in [0, 0.1) is 0 Å². The summed E-state index contributed by atoms with van der Waals surface area (Å²) < 4.78 is 15.9. The van der Waals surface area contributed by atoms with Crippen LogP contribution < -0.4 is 9.47 Å². The fourth-order valence-corrected chi connectivity index (χ4v) is 2.13. The van der Waals surface area contributed by atoms with Gasteiger partial charge in [-0.3, -0.25) is 0 Å². The summed E-state index contributed by atoms with van der Waals surface area (Å²) in [4.78, 5) is 0. The van der Waals surface area contributed by atoms with Gasteiger partial charge in [0, 0.05) is 5.56 Å². The number of benzene rings is 1. The van der Waals surface area contributed by atoms with Crippen molar-refractivity contribution in [1.29, 1.82) is 0 Å². The summed E-state index contributed by atoms with van der Waals surface area (Å²) in [6.45, 7) is 1.06. The summed E-state index contributed by atoms with van der Waals surface area (Å²) in [5, 5.41) is 10.4. The fourth-order valence-electron chi connectivity index (χ4n) is 1.91. The van der Waals surface area contributed by atoms with Crippen molar-refractivity contribution in [2.24, 2.45) is 0 Å². The molecule has 5 heteroatoms. The number of aliphatic hydroxyl groups excluding tert-OH is 1. The number of aliphatic hydroxyl groups is 1. The van der Waals surface area contributed by atoms with Gasteiger partial charge in [0.25, 0.3) is 0 Å². The van der Waals surface area contributed by atoms with Crippen LogP contribution in [0.2, 0.25) is 5.22 Å². The Kier molecular flexibility index (Phi) is 2.89. The Morgan fingerprint density at radius 1 is 1.11 bits per heavy atom. The zero-order valence-electron chi connectivity index (χ0n) is 9.43. The van der Waals surface area contributed by atoms with E-state index in [1.54, 1.807) is 24.3 Å². The van der Waals surface area contributed by atoms with Crippen LogP contribution in [0.25, 0.3) is 0 Å². The van der Waals surface area contributed by atoms with E-state index in [2.05, 4.69) is 0 Å². The number of hydrogen-bond acceptors (Lipinski definition) is 4. The Balaban J connectivity index is 1.95. The van der Waals surface area contributed by atoms with E-state index >= 15 is 0 Å². The Morgan fingerprint density at radius 2 is 1.89 bits per heavy atom. The molecule has 1 N–H and O–H groups in total. The average Bonchev–Trinajstić information content (AvgIpc) is 2.83. The highest BCUT2D eigenvalue weighted by Crippen LogP contribution is 2.36. The SMILES string of the molecule is OC(c1ccc2c(c1)OCCO2)c1ccoc1Cl. The minimum atomic E-state index is -0.841. The molecule has 0 fully saturated rings. The maximum Gasteiger partial charge on any atom is 0.199 e. The fraction of sp³-hybridized carbons (Fsp3) is 0.231. The quantitative estimate of drug-likeness (QED) is 0.908.